The summed E-state index contributed by atoms with van der Waals surface area (Å²) in [6.45, 7) is 0. The molecule has 0 radical (unpaired) electrons. The Morgan fingerprint density at radius 2 is 1.35 bits per heavy atom. The van der Waals surface area contributed by atoms with Crippen molar-refractivity contribution in [1.82, 2.24) is 0 Å². The minimum atomic E-state index is 0.441. The molecule has 0 saturated heterocycles. The van der Waals surface area contributed by atoms with Gasteiger partial charge in [0, 0.05) is 17.6 Å². The third-order valence-corrected chi connectivity index (χ3v) is 4.78. The maximum Gasteiger partial charge on any atom is 0.0382 e. The molecule has 4 rings (SSSR count). The molecule has 0 aromatic heterocycles. The molecule has 3 aromatic rings. The standard InChI is InChI=1S/C22H21N/c1-3-9-17(10-4-1)15-16-21-22(18-11-5-2-6-12-18)19-13-7-8-14-20(19)23-21/h1-14,21-23H,15-16H2/t21-,22-/m1/s1. The number of fused-ring (bicyclic) bond motifs is 1. The molecule has 0 spiro atoms. The average Bonchev–Trinajstić information content (AvgIpc) is 3.00. The predicted molar refractivity (Wildman–Crippen MR) is 96.9 cm³/mol. The van der Waals surface area contributed by atoms with E-state index in [-0.39, 0.29) is 0 Å². The van der Waals surface area contributed by atoms with Crippen molar-refractivity contribution in [1.29, 1.82) is 0 Å². The van der Waals surface area contributed by atoms with Crippen molar-refractivity contribution in [3.8, 4) is 0 Å². The van der Waals surface area contributed by atoms with Gasteiger partial charge in [-0.2, -0.15) is 0 Å². The molecule has 2 atom stereocenters. The molecule has 0 aliphatic carbocycles. The van der Waals surface area contributed by atoms with Gasteiger partial charge in [0.2, 0.25) is 0 Å². The molecule has 3 aromatic carbocycles. The third-order valence-electron chi connectivity index (χ3n) is 4.78. The molecule has 1 heteroatoms. The van der Waals surface area contributed by atoms with E-state index >= 15 is 0 Å². The summed E-state index contributed by atoms with van der Waals surface area (Å²) in [4.78, 5) is 0. The van der Waals surface area contributed by atoms with Gasteiger partial charge in [-0.05, 0) is 35.6 Å². The van der Waals surface area contributed by atoms with E-state index in [1.54, 1.807) is 0 Å². The van der Waals surface area contributed by atoms with E-state index in [1.165, 1.54) is 22.4 Å². The van der Waals surface area contributed by atoms with Gasteiger partial charge < -0.3 is 5.32 Å². The van der Waals surface area contributed by atoms with Crippen molar-refractivity contribution in [3.63, 3.8) is 0 Å². The van der Waals surface area contributed by atoms with Gasteiger partial charge in [0.1, 0.15) is 0 Å². The molecule has 1 aliphatic heterocycles. The predicted octanol–water partition coefficient (Wildman–Crippen LogP) is 5.25. The summed E-state index contributed by atoms with van der Waals surface area (Å²) < 4.78 is 0. The minimum absolute atomic E-state index is 0.441. The fourth-order valence-electron chi connectivity index (χ4n) is 3.68. The highest BCUT2D eigenvalue weighted by Crippen LogP contribution is 2.41. The van der Waals surface area contributed by atoms with E-state index in [1.807, 2.05) is 0 Å². The van der Waals surface area contributed by atoms with Crippen molar-refractivity contribution in [2.24, 2.45) is 0 Å². The van der Waals surface area contributed by atoms with Gasteiger partial charge >= 0.3 is 0 Å². The second kappa shape index (κ2) is 6.29. The maximum absolute atomic E-state index is 3.75. The molecule has 0 amide bonds. The number of anilines is 1. The zero-order chi connectivity index (χ0) is 15.5. The van der Waals surface area contributed by atoms with Gasteiger partial charge in [0.05, 0.1) is 0 Å². The Morgan fingerprint density at radius 1 is 0.696 bits per heavy atom. The van der Waals surface area contributed by atoms with Crippen LogP contribution in [0, 0.1) is 0 Å². The monoisotopic (exact) mass is 299 g/mol. The molecular formula is C22H21N. The first-order chi connectivity index (χ1) is 11.4. The number of para-hydroxylation sites is 1. The van der Waals surface area contributed by atoms with Crippen molar-refractivity contribution >= 4 is 5.69 Å². The third kappa shape index (κ3) is 2.87. The topological polar surface area (TPSA) is 12.0 Å². The van der Waals surface area contributed by atoms with Gasteiger partial charge in [0.15, 0.2) is 0 Å². The second-order valence-corrected chi connectivity index (χ2v) is 6.25. The van der Waals surface area contributed by atoms with Crippen LogP contribution in [0.25, 0.3) is 0 Å². The van der Waals surface area contributed by atoms with Gasteiger partial charge in [-0.3, -0.25) is 0 Å². The van der Waals surface area contributed by atoms with Crippen molar-refractivity contribution < 1.29 is 0 Å². The lowest BCUT2D eigenvalue weighted by Crippen LogP contribution is -2.22. The summed E-state index contributed by atoms with van der Waals surface area (Å²) >= 11 is 0. The number of hydrogen-bond donors (Lipinski definition) is 1. The van der Waals surface area contributed by atoms with Gasteiger partial charge in [-0.1, -0.05) is 78.9 Å². The smallest absolute Gasteiger partial charge is 0.0382 e. The SMILES string of the molecule is c1ccc(CC[C@H]2Nc3ccccc3[C@H]2c2ccccc2)cc1. The molecular weight excluding hydrogens is 278 g/mol. The van der Waals surface area contributed by atoms with Crippen LogP contribution >= 0.6 is 0 Å². The largest absolute Gasteiger partial charge is 0.381 e. The molecule has 1 heterocycles. The quantitative estimate of drug-likeness (QED) is 0.694. The molecule has 0 saturated carbocycles. The Hall–Kier alpha value is -2.54. The van der Waals surface area contributed by atoms with Crippen molar-refractivity contribution in [2.75, 3.05) is 5.32 Å². The Morgan fingerprint density at radius 3 is 2.13 bits per heavy atom. The van der Waals surface area contributed by atoms with E-state index in [0.29, 0.717) is 12.0 Å². The second-order valence-electron chi connectivity index (χ2n) is 6.25. The number of nitrogens with one attached hydrogen (secondary N) is 1. The number of aryl methyl sites for hydroxylation is 1. The lowest BCUT2D eigenvalue weighted by atomic mass is 9.85. The first-order valence-electron chi connectivity index (χ1n) is 8.36. The summed E-state index contributed by atoms with van der Waals surface area (Å²) in [5, 5.41) is 3.75. The van der Waals surface area contributed by atoms with Crippen LogP contribution in [0.5, 0.6) is 0 Å². The normalized spacial score (nSPS) is 19.1. The maximum atomic E-state index is 3.75. The Kier molecular flexibility index (Phi) is 3.85. The highest BCUT2D eigenvalue weighted by Gasteiger charge is 2.32. The van der Waals surface area contributed by atoms with Gasteiger partial charge in [-0.25, -0.2) is 0 Å². The highest BCUT2D eigenvalue weighted by atomic mass is 15.0. The van der Waals surface area contributed by atoms with Crippen LogP contribution < -0.4 is 5.32 Å². The van der Waals surface area contributed by atoms with Crippen LogP contribution in [0.2, 0.25) is 0 Å². The lowest BCUT2D eigenvalue weighted by Gasteiger charge is -2.21. The number of benzene rings is 3. The van der Waals surface area contributed by atoms with E-state index in [2.05, 4.69) is 90.2 Å². The van der Waals surface area contributed by atoms with E-state index in [4.69, 9.17) is 0 Å². The molecule has 0 unspecified atom stereocenters. The van der Waals surface area contributed by atoms with E-state index < -0.39 is 0 Å². The average molecular weight is 299 g/mol. The molecule has 1 N–H and O–H groups in total. The molecule has 114 valence electrons. The minimum Gasteiger partial charge on any atom is -0.381 e. The van der Waals surface area contributed by atoms with Crippen molar-refractivity contribution in [2.45, 2.75) is 24.8 Å². The van der Waals surface area contributed by atoms with Crippen molar-refractivity contribution in [3.05, 3.63) is 102 Å². The molecule has 1 aliphatic rings. The highest BCUT2D eigenvalue weighted by molar-refractivity contribution is 5.62. The molecule has 0 fully saturated rings. The Bertz CT molecular complexity index is 764. The Balaban J connectivity index is 1.61. The van der Waals surface area contributed by atoms with Crippen LogP contribution in [0.15, 0.2) is 84.9 Å². The molecule has 0 bridgehead atoms. The molecule has 23 heavy (non-hydrogen) atoms. The lowest BCUT2D eigenvalue weighted by molar-refractivity contribution is 0.613. The first kappa shape index (κ1) is 14.1. The number of hydrogen-bond acceptors (Lipinski definition) is 1. The summed E-state index contributed by atoms with van der Waals surface area (Å²) in [5.41, 5.74) is 5.54. The fourth-order valence-corrected chi connectivity index (χ4v) is 3.68. The van der Waals surface area contributed by atoms with Crippen LogP contribution in [-0.4, -0.2) is 6.04 Å². The number of rotatable bonds is 4. The zero-order valence-corrected chi connectivity index (χ0v) is 13.2. The zero-order valence-electron chi connectivity index (χ0n) is 13.2. The van der Waals surface area contributed by atoms with Gasteiger partial charge in [-0.15, -0.1) is 0 Å². The van der Waals surface area contributed by atoms with Gasteiger partial charge in [0.25, 0.3) is 0 Å². The fraction of sp³-hybridized carbons (Fsp3) is 0.182. The van der Waals surface area contributed by atoms with E-state index in [0.717, 1.165) is 12.8 Å². The molecule has 1 nitrogen and oxygen atoms in total. The van der Waals surface area contributed by atoms with Crippen LogP contribution in [0.1, 0.15) is 29.0 Å². The summed E-state index contributed by atoms with van der Waals surface area (Å²) in [6.07, 6.45) is 2.24. The summed E-state index contributed by atoms with van der Waals surface area (Å²) in [5.74, 6) is 0.441. The van der Waals surface area contributed by atoms with Crippen LogP contribution in [0.3, 0.4) is 0 Å². The van der Waals surface area contributed by atoms with Crippen LogP contribution in [0.4, 0.5) is 5.69 Å². The summed E-state index contributed by atoms with van der Waals surface area (Å²) in [6, 6.07) is 30.9. The Labute approximate surface area is 138 Å². The summed E-state index contributed by atoms with van der Waals surface area (Å²) in [7, 11) is 0. The van der Waals surface area contributed by atoms with Crippen LogP contribution in [-0.2, 0) is 6.42 Å². The van der Waals surface area contributed by atoms with E-state index in [9.17, 15) is 0 Å². The first-order valence-corrected chi connectivity index (χ1v) is 8.36.